The van der Waals surface area contributed by atoms with Crippen LogP contribution in [0.5, 0.6) is 11.5 Å². The van der Waals surface area contributed by atoms with Crippen LogP contribution in [0.4, 0.5) is 5.13 Å². The summed E-state index contributed by atoms with van der Waals surface area (Å²) >= 11 is 7.01. The summed E-state index contributed by atoms with van der Waals surface area (Å²) < 4.78 is 36.6. The summed E-state index contributed by atoms with van der Waals surface area (Å²) in [5.41, 5.74) is 2.30. The van der Waals surface area contributed by atoms with E-state index in [1.54, 1.807) is 0 Å². The van der Waals surface area contributed by atoms with Crippen LogP contribution in [-0.4, -0.2) is 59.9 Å². The standard InChI is InChI=1S/C23H27ClN4O3S2/c1-18-3-7-20(8-4-18)31-21-9-5-19(6-10-21)17-22-25-23(32-26-22)27-12-2-13-28(15-14-27)33(29,30)16-11-24/h3-10H,2,11-17H2,1H3. The first-order valence-electron chi connectivity index (χ1n) is 10.9. The van der Waals surface area contributed by atoms with Gasteiger partial charge in [-0.3, -0.25) is 0 Å². The number of hydrogen-bond donors (Lipinski definition) is 0. The molecule has 3 aromatic rings. The molecule has 0 amide bonds. The molecule has 1 saturated heterocycles. The molecular weight excluding hydrogens is 480 g/mol. The molecule has 1 aliphatic heterocycles. The van der Waals surface area contributed by atoms with Gasteiger partial charge in [0.1, 0.15) is 17.3 Å². The van der Waals surface area contributed by atoms with E-state index in [9.17, 15) is 8.42 Å². The molecule has 7 nitrogen and oxygen atoms in total. The lowest BCUT2D eigenvalue weighted by atomic mass is 10.1. The molecule has 0 radical (unpaired) electrons. The molecule has 0 N–H and O–H groups in total. The number of aryl methyl sites for hydroxylation is 1. The van der Waals surface area contributed by atoms with Crippen molar-refractivity contribution in [1.29, 1.82) is 0 Å². The van der Waals surface area contributed by atoms with Crippen molar-refractivity contribution < 1.29 is 13.2 Å². The maximum atomic E-state index is 12.3. The second-order valence-electron chi connectivity index (χ2n) is 7.97. The van der Waals surface area contributed by atoms with Gasteiger partial charge in [-0.05, 0) is 43.2 Å². The molecule has 0 unspecified atom stereocenters. The Morgan fingerprint density at radius 2 is 1.70 bits per heavy atom. The van der Waals surface area contributed by atoms with Crippen LogP contribution in [0.3, 0.4) is 0 Å². The van der Waals surface area contributed by atoms with E-state index < -0.39 is 10.0 Å². The lowest BCUT2D eigenvalue weighted by molar-refractivity contribution is 0.434. The molecule has 2 aromatic carbocycles. The van der Waals surface area contributed by atoms with E-state index in [0.29, 0.717) is 26.1 Å². The molecule has 10 heteroatoms. The van der Waals surface area contributed by atoms with Crippen molar-refractivity contribution in [2.45, 2.75) is 19.8 Å². The summed E-state index contributed by atoms with van der Waals surface area (Å²) in [4.78, 5) is 6.83. The fourth-order valence-electron chi connectivity index (χ4n) is 3.64. The van der Waals surface area contributed by atoms with Crippen LogP contribution < -0.4 is 9.64 Å². The smallest absolute Gasteiger partial charge is 0.215 e. The topological polar surface area (TPSA) is 75.6 Å². The van der Waals surface area contributed by atoms with Gasteiger partial charge in [-0.15, -0.1) is 11.6 Å². The van der Waals surface area contributed by atoms with Crippen molar-refractivity contribution in [3.05, 3.63) is 65.5 Å². The summed E-state index contributed by atoms with van der Waals surface area (Å²) in [5.74, 6) is 2.45. The Kier molecular flexibility index (Phi) is 7.85. The molecule has 0 bridgehead atoms. The van der Waals surface area contributed by atoms with Gasteiger partial charge in [0.15, 0.2) is 0 Å². The van der Waals surface area contributed by atoms with E-state index in [0.717, 1.165) is 41.0 Å². The monoisotopic (exact) mass is 506 g/mol. The summed E-state index contributed by atoms with van der Waals surface area (Å²) in [6.07, 6.45) is 1.38. The molecular formula is C23H27ClN4O3S2. The molecule has 2 heterocycles. The highest BCUT2D eigenvalue weighted by atomic mass is 35.5. The van der Waals surface area contributed by atoms with E-state index in [2.05, 4.69) is 9.27 Å². The molecule has 1 fully saturated rings. The van der Waals surface area contributed by atoms with Crippen molar-refractivity contribution in [1.82, 2.24) is 13.7 Å². The number of ether oxygens (including phenoxy) is 1. The number of aromatic nitrogens is 2. The van der Waals surface area contributed by atoms with Crippen molar-refractivity contribution >= 4 is 38.3 Å². The van der Waals surface area contributed by atoms with Crippen LogP contribution in [0.2, 0.25) is 0 Å². The highest BCUT2D eigenvalue weighted by molar-refractivity contribution is 7.89. The average Bonchev–Trinajstić information content (AvgIpc) is 3.10. The zero-order valence-corrected chi connectivity index (χ0v) is 20.9. The summed E-state index contributed by atoms with van der Waals surface area (Å²) in [6, 6.07) is 15.9. The predicted octanol–water partition coefficient (Wildman–Crippen LogP) is 4.31. The van der Waals surface area contributed by atoms with Gasteiger partial charge in [-0.1, -0.05) is 29.8 Å². The minimum atomic E-state index is -3.29. The maximum Gasteiger partial charge on any atom is 0.215 e. The molecule has 176 valence electrons. The lowest BCUT2D eigenvalue weighted by Crippen LogP contribution is -2.37. The number of rotatable bonds is 8. The first-order chi connectivity index (χ1) is 15.9. The second-order valence-corrected chi connectivity index (χ2v) is 11.2. The molecule has 1 aromatic heterocycles. The normalized spacial score (nSPS) is 15.4. The first kappa shape index (κ1) is 23.9. The van der Waals surface area contributed by atoms with Crippen molar-refractivity contribution in [2.24, 2.45) is 0 Å². The second kappa shape index (κ2) is 10.8. The molecule has 0 aliphatic carbocycles. The van der Waals surface area contributed by atoms with Gasteiger partial charge in [0.05, 0.1) is 5.75 Å². The number of benzene rings is 2. The van der Waals surface area contributed by atoms with Crippen LogP contribution in [0.15, 0.2) is 48.5 Å². The number of anilines is 1. The Morgan fingerprint density at radius 3 is 2.39 bits per heavy atom. The summed E-state index contributed by atoms with van der Waals surface area (Å²) in [6.45, 7) is 4.36. The molecule has 0 spiro atoms. The number of halogens is 1. The number of hydrogen-bond acceptors (Lipinski definition) is 7. The fraction of sp³-hybridized carbons (Fsp3) is 0.391. The van der Waals surface area contributed by atoms with Gasteiger partial charge < -0.3 is 9.64 Å². The third-order valence-corrected chi connectivity index (χ3v) is 8.55. The lowest BCUT2D eigenvalue weighted by Gasteiger charge is -2.20. The van der Waals surface area contributed by atoms with Gasteiger partial charge >= 0.3 is 0 Å². The molecule has 33 heavy (non-hydrogen) atoms. The minimum Gasteiger partial charge on any atom is -0.457 e. The SMILES string of the molecule is Cc1ccc(Oc2ccc(Cc3nsc(N4CCCN(S(=O)(=O)CCCl)CC4)n3)cc2)cc1. The van der Waals surface area contributed by atoms with Gasteiger partial charge in [0.25, 0.3) is 0 Å². The summed E-state index contributed by atoms with van der Waals surface area (Å²) in [7, 11) is -3.29. The van der Waals surface area contributed by atoms with Crippen molar-refractivity contribution in [2.75, 3.05) is 42.7 Å². The Morgan fingerprint density at radius 1 is 1.00 bits per heavy atom. The third-order valence-electron chi connectivity index (χ3n) is 5.45. The molecule has 0 saturated carbocycles. The highest BCUT2D eigenvalue weighted by Crippen LogP contribution is 2.24. The Hall–Kier alpha value is -2.20. The number of alkyl halides is 1. The van der Waals surface area contributed by atoms with E-state index >= 15 is 0 Å². The van der Waals surface area contributed by atoms with Gasteiger partial charge in [0.2, 0.25) is 15.2 Å². The number of sulfonamides is 1. The minimum absolute atomic E-state index is 0.0215. The number of nitrogens with zero attached hydrogens (tertiary/aromatic N) is 4. The Bertz CT molecular complexity index is 1150. The molecule has 0 atom stereocenters. The van der Waals surface area contributed by atoms with Gasteiger partial charge in [0, 0.05) is 50.0 Å². The first-order valence-corrected chi connectivity index (χ1v) is 13.8. The third kappa shape index (κ3) is 6.44. The van der Waals surface area contributed by atoms with Gasteiger partial charge in [-0.2, -0.15) is 4.37 Å². The zero-order valence-electron chi connectivity index (χ0n) is 18.5. The van der Waals surface area contributed by atoms with E-state index in [1.807, 2.05) is 55.5 Å². The quantitative estimate of drug-likeness (QED) is 0.424. The maximum absolute atomic E-state index is 12.3. The van der Waals surface area contributed by atoms with Crippen molar-refractivity contribution in [3.8, 4) is 11.5 Å². The van der Waals surface area contributed by atoms with Crippen LogP contribution in [0, 0.1) is 6.92 Å². The zero-order chi connectivity index (χ0) is 23.3. The van der Waals surface area contributed by atoms with Crippen LogP contribution in [0.25, 0.3) is 0 Å². The van der Waals surface area contributed by atoms with Gasteiger partial charge in [-0.25, -0.2) is 17.7 Å². The van der Waals surface area contributed by atoms with E-state index in [1.165, 1.54) is 21.4 Å². The van der Waals surface area contributed by atoms with E-state index in [-0.39, 0.29) is 11.6 Å². The molecule has 1 aliphatic rings. The van der Waals surface area contributed by atoms with Crippen LogP contribution in [0.1, 0.15) is 23.4 Å². The van der Waals surface area contributed by atoms with Crippen LogP contribution >= 0.6 is 23.1 Å². The van der Waals surface area contributed by atoms with Crippen LogP contribution in [-0.2, 0) is 16.4 Å². The largest absolute Gasteiger partial charge is 0.457 e. The predicted molar refractivity (Wildman–Crippen MR) is 133 cm³/mol. The Balaban J connectivity index is 1.34. The average molecular weight is 507 g/mol. The summed E-state index contributed by atoms with van der Waals surface area (Å²) in [5, 5.41) is 0.834. The van der Waals surface area contributed by atoms with Crippen molar-refractivity contribution in [3.63, 3.8) is 0 Å². The molecule has 4 rings (SSSR count). The highest BCUT2D eigenvalue weighted by Gasteiger charge is 2.25. The van der Waals surface area contributed by atoms with E-state index in [4.69, 9.17) is 21.3 Å². The fourth-order valence-corrected chi connectivity index (χ4v) is 6.18. The Labute approximate surface area is 204 Å².